The van der Waals surface area contributed by atoms with Gasteiger partial charge in [-0.1, -0.05) is 29.8 Å². The van der Waals surface area contributed by atoms with Crippen molar-refractivity contribution in [1.29, 1.82) is 0 Å². The van der Waals surface area contributed by atoms with Crippen LogP contribution in [0.5, 0.6) is 5.75 Å². The number of nitrogens with one attached hydrogen (secondary N) is 1. The summed E-state index contributed by atoms with van der Waals surface area (Å²) in [7, 11) is 0. The Bertz CT molecular complexity index is 1120. The fraction of sp³-hybridized carbons (Fsp3) is 0. The molecule has 0 unspecified atom stereocenters. The minimum Gasteiger partial charge on any atom is -0.422 e. The molecule has 3 aromatic rings. The van der Waals surface area contributed by atoms with Crippen LogP contribution in [0.15, 0.2) is 77.9 Å². The van der Waals surface area contributed by atoms with E-state index in [0.29, 0.717) is 10.6 Å². The summed E-state index contributed by atoms with van der Waals surface area (Å²) in [4.78, 5) is 34.9. The molecule has 0 heterocycles. The highest BCUT2D eigenvalue weighted by Crippen LogP contribution is 2.24. The van der Waals surface area contributed by atoms with Crippen LogP contribution in [-0.2, 0) is 0 Å². The Kier molecular flexibility index (Phi) is 6.51. The Balaban J connectivity index is 1.81. The molecule has 150 valence electrons. The second kappa shape index (κ2) is 9.44. The number of ether oxygens (including phenoxy) is 1. The molecule has 0 aliphatic carbocycles. The van der Waals surface area contributed by atoms with Gasteiger partial charge in [-0.15, -0.1) is 0 Å². The molecule has 0 fully saturated rings. The molecule has 30 heavy (non-hydrogen) atoms. The van der Waals surface area contributed by atoms with Crippen LogP contribution >= 0.6 is 11.6 Å². The second-order valence-electron chi connectivity index (χ2n) is 5.94. The van der Waals surface area contributed by atoms with Crippen LogP contribution in [0.2, 0.25) is 5.02 Å². The quantitative estimate of drug-likeness (QED) is 0.210. The summed E-state index contributed by atoms with van der Waals surface area (Å²) in [6.07, 6.45) is 1.16. The number of rotatable bonds is 6. The van der Waals surface area contributed by atoms with E-state index in [2.05, 4.69) is 10.5 Å². The number of hydrogen-bond acceptors (Lipinski definition) is 6. The third-order valence-electron chi connectivity index (χ3n) is 3.89. The summed E-state index contributed by atoms with van der Waals surface area (Å²) in [6, 6.07) is 18.1. The molecule has 1 amide bonds. The molecule has 0 aliphatic heterocycles. The topological polar surface area (TPSA) is 111 Å². The molecule has 0 bridgehead atoms. The molecule has 3 rings (SSSR count). The van der Waals surface area contributed by atoms with Gasteiger partial charge in [0, 0.05) is 28.3 Å². The van der Waals surface area contributed by atoms with E-state index < -0.39 is 16.8 Å². The van der Waals surface area contributed by atoms with Gasteiger partial charge in [-0.3, -0.25) is 14.9 Å². The number of halogens is 1. The van der Waals surface area contributed by atoms with E-state index in [1.54, 1.807) is 30.3 Å². The van der Waals surface area contributed by atoms with E-state index in [4.69, 9.17) is 16.3 Å². The number of hydrogen-bond donors (Lipinski definition) is 1. The minimum atomic E-state index is -0.677. The maximum Gasteiger partial charge on any atom is 0.343 e. The van der Waals surface area contributed by atoms with Gasteiger partial charge in [0.25, 0.3) is 11.6 Å². The van der Waals surface area contributed by atoms with Crippen LogP contribution in [0.4, 0.5) is 5.69 Å². The number of benzene rings is 3. The lowest BCUT2D eigenvalue weighted by Crippen LogP contribution is -2.17. The molecule has 0 aromatic heterocycles. The van der Waals surface area contributed by atoms with Crippen LogP contribution in [0.25, 0.3) is 0 Å². The number of nitrogens with zero attached hydrogens (tertiary/aromatic N) is 2. The lowest BCUT2D eigenvalue weighted by Gasteiger charge is -2.08. The highest BCUT2D eigenvalue weighted by Gasteiger charge is 2.15. The Morgan fingerprint density at radius 2 is 1.70 bits per heavy atom. The standard InChI is InChI=1S/C21H14ClN3O5/c22-17-8-6-15(7-9-17)21(27)30-19-11-10-18(25(28)29)12-16(19)13-23-24-20(26)14-4-2-1-3-5-14/h1-13H,(H,24,26)/b23-13+. The molecule has 0 saturated carbocycles. The van der Waals surface area contributed by atoms with E-state index in [0.717, 1.165) is 6.21 Å². The van der Waals surface area contributed by atoms with Crippen molar-refractivity contribution in [2.24, 2.45) is 5.10 Å². The van der Waals surface area contributed by atoms with Crippen molar-refractivity contribution >= 4 is 35.4 Å². The fourth-order valence-electron chi connectivity index (χ4n) is 2.40. The van der Waals surface area contributed by atoms with Gasteiger partial charge in [-0.05, 0) is 42.5 Å². The predicted octanol–water partition coefficient (Wildman–Crippen LogP) is 4.23. The number of esters is 1. The largest absolute Gasteiger partial charge is 0.422 e. The van der Waals surface area contributed by atoms with Gasteiger partial charge >= 0.3 is 5.97 Å². The average molecular weight is 424 g/mol. The summed E-state index contributed by atoms with van der Waals surface area (Å²) in [6.45, 7) is 0. The number of nitro groups is 1. The van der Waals surface area contributed by atoms with Gasteiger partial charge in [-0.2, -0.15) is 5.10 Å². The molecular formula is C21H14ClN3O5. The van der Waals surface area contributed by atoms with E-state index in [1.807, 2.05) is 0 Å². The number of non-ortho nitro benzene ring substituents is 1. The zero-order valence-corrected chi connectivity index (χ0v) is 16.1. The van der Waals surface area contributed by atoms with Gasteiger partial charge in [0.15, 0.2) is 0 Å². The SMILES string of the molecule is O=C(N/N=C/c1cc([N+](=O)[O-])ccc1OC(=O)c1ccc(Cl)cc1)c1ccccc1. The molecule has 0 atom stereocenters. The zero-order chi connectivity index (χ0) is 21.5. The molecule has 0 spiro atoms. The molecule has 0 radical (unpaired) electrons. The smallest absolute Gasteiger partial charge is 0.343 e. The Morgan fingerprint density at radius 3 is 2.37 bits per heavy atom. The van der Waals surface area contributed by atoms with Gasteiger partial charge in [0.2, 0.25) is 0 Å². The number of hydrazone groups is 1. The van der Waals surface area contributed by atoms with Crippen molar-refractivity contribution in [3.63, 3.8) is 0 Å². The van der Waals surface area contributed by atoms with Gasteiger partial charge in [0.1, 0.15) is 5.75 Å². The third-order valence-corrected chi connectivity index (χ3v) is 4.14. The van der Waals surface area contributed by atoms with E-state index >= 15 is 0 Å². The Morgan fingerprint density at radius 1 is 1.00 bits per heavy atom. The minimum absolute atomic E-state index is 0.0401. The molecule has 8 nitrogen and oxygen atoms in total. The molecular weight excluding hydrogens is 410 g/mol. The van der Waals surface area contributed by atoms with Crippen LogP contribution in [0, 0.1) is 10.1 Å². The lowest BCUT2D eigenvalue weighted by molar-refractivity contribution is -0.384. The third kappa shape index (κ3) is 5.27. The first-order valence-corrected chi connectivity index (χ1v) is 8.96. The monoisotopic (exact) mass is 423 g/mol. The summed E-state index contributed by atoms with van der Waals surface area (Å²) < 4.78 is 5.34. The maximum atomic E-state index is 12.4. The molecule has 1 N–H and O–H groups in total. The fourth-order valence-corrected chi connectivity index (χ4v) is 2.53. The van der Waals surface area contributed by atoms with Gasteiger partial charge < -0.3 is 4.74 Å². The zero-order valence-electron chi connectivity index (χ0n) is 15.3. The van der Waals surface area contributed by atoms with Crippen molar-refractivity contribution in [3.05, 3.63) is 105 Å². The number of nitro benzene ring substituents is 1. The Labute approximate surface area is 175 Å². The number of carbonyl (C=O) groups is 2. The van der Waals surface area contributed by atoms with Gasteiger partial charge in [0.05, 0.1) is 16.7 Å². The van der Waals surface area contributed by atoms with Crippen LogP contribution in [0.1, 0.15) is 26.3 Å². The van der Waals surface area contributed by atoms with E-state index in [-0.39, 0.29) is 22.6 Å². The highest BCUT2D eigenvalue weighted by molar-refractivity contribution is 6.30. The first-order chi connectivity index (χ1) is 14.4. The summed E-state index contributed by atoms with van der Waals surface area (Å²) in [5, 5.41) is 15.4. The lowest BCUT2D eigenvalue weighted by atomic mass is 10.2. The molecule has 9 heteroatoms. The van der Waals surface area contributed by atoms with Crippen molar-refractivity contribution in [1.82, 2.24) is 5.43 Å². The Hall–Kier alpha value is -4.04. The van der Waals surface area contributed by atoms with Crippen molar-refractivity contribution < 1.29 is 19.2 Å². The molecule has 0 aliphatic rings. The second-order valence-corrected chi connectivity index (χ2v) is 6.38. The van der Waals surface area contributed by atoms with Crippen LogP contribution in [0.3, 0.4) is 0 Å². The predicted molar refractivity (Wildman–Crippen MR) is 111 cm³/mol. The highest BCUT2D eigenvalue weighted by atomic mass is 35.5. The number of carbonyl (C=O) groups excluding carboxylic acids is 2. The van der Waals surface area contributed by atoms with Crippen LogP contribution < -0.4 is 10.2 Å². The van der Waals surface area contributed by atoms with Crippen molar-refractivity contribution in [3.8, 4) is 5.75 Å². The molecule has 3 aromatic carbocycles. The first-order valence-electron chi connectivity index (χ1n) is 8.58. The average Bonchev–Trinajstić information content (AvgIpc) is 2.75. The van der Waals surface area contributed by atoms with E-state index in [9.17, 15) is 19.7 Å². The summed E-state index contributed by atoms with van der Waals surface area (Å²) >= 11 is 5.81. The summed E-state index contributed by atoms with van der Waals surface area (Å²) in [5.41, 5.74) is 2.87. The van der Waals surface area contributed by atoms with Crippen molar-refractivity contribution in [2.45, 2.75) is 0 Å². The molecule has 0 saturated heterocycles. The van der Waals surface area contributed by atoms with Crippen molar-refractivity contribution in [2.75, 3.05) is 0 Å². The normalized spacial score (nSPS) is 10.6. The first kappa shape index (κ1) is 20.7. The summed E-state index contributed by atoms with van der Waals surface area (Å²) in [5.74, 6) is -1.10. The van der Waals surface area contributed by atoms with Gasteiger partial charge in [-0.25, -0.2) is 10.2 Å². The number of amides is 1. The van der Waals surface area contributed by atoms with Crippen LogP contribution in [-0.4, -0.2) is 23.0 Å². The van der Waals surface area contributed by atoms with E-state index in [1.165, 1.54) is 42.5 Å². The maximum absolute atomic E-state index is 12.4.